The van der Waals surface area contributed by atoms with E-state index < -0.39 is 0 Å². The monoisotopic (exact) mass is 175 g/mol. The van der Waals surface area contributed by atoms with Crippen molar-refractivity contribution in [2.75, 3.05) is 24.6 Å². The zero-order chi connectivity index (χ0) is 8.36. The van der Waals surface area contributed by atoms with Gasteiger partial charge in [-0.05, 0) is 25.1 Å². The van der Waals surface area contributed by atoms with Gasteiger partial charge in [0, 0.05) is 12.3 Å². The molecule has 0 fully saturated rings. The van der Waals surface area contributed by atoms with Crippen molar-refractivity contribution in [3.63, 3.8) is 0 Å². The zero-order valence-corrected chi connectivity index (χ0v) is 8.67. The predicted molar refractivity (Wildman–Crippen MR) is 55.4 cm³/mol. The number of rotatable bonds is 8. The number of thioether (sulfide) groups is 1. The molecule has 0 aromatic carbocycles. The average molecular weight is 175 g/mol. The Labute approximate surface area is 75.3 Å². The zero-order valence-electron chi connectivity index (χ0n) is 7.86. The highest BCUT2D eigenvalue weighted by atomic mass is 32.2. The maximum absolute atomic E-state index is 3.39. The summed E-state index contributed by atoms with van der Waals surface area (Å²) in [5.74, 6) is 2.62. The van der Waals surface area contributed by atoms with Crippen molar-refractivity contribution < 1.29 is 0 Å². The second-order valence-electron chi connectivity index (χ2n) is 2.72. The van der Waals surface area contributed by atoms with E-state index in [1.165, 1.54) is 43.9 Å². The Kier molecular flexibility index (Phi) is 10.6. The first-order chi connectivity index (χ1) is 5.41. The summed E-state index contributed by atoms with van der Waals surface area (Å²) in [6, 6.07) is 0. The van der Waals surface area contributed by atoms with Gasteiger partial charge < -0.3 is 5.32 Å². The summed E-state index contributed by atoms with van der Waals surface area (Å²) in [5, 5.41) is 3.39. The summed E-state index contributed by atoms with van der Waals surface area (Å²) in [6.45, 7) is 6.81. The first kappa shape index (κ1) is 11.3. The molecule has 0 aliphatic carbocycles. The Bertz CT molecular complexity index is 58.6. The molecule has 0 aromatic rings. The van der Waals surface area contributed by atoms with E-state index >= 15 is 0 Å². The summed E-state index contributed by atoms with van der Waals surface area (Å²) in [4.78, 5) is 0. The lowest BCUT2D eigenvalue weighted by molar-refractivity contribution is 0.707. The lowest BCUT2D eigenvalue weighted by Crippen LogP contribution is -2.17. The van der Waals surface area contributed by atoms with E-state index in [0.717, 1.165) is 0 Å². The van der Waals surface area contributed by atoms with Crippen molar-refractivity contribution in [3.05, 3.63) is 0 Å². The Morgan fingerprint density at radius 2 is 1.82 bits per heavy atom. The first-order valence-corrected chi connectivity index (χ1v) is 5.85. The van der Waals surface area contributed by atoms with Gasteiger partial charge in [0.2, 0.25) is 0 Å². The van der Waals surface area contributed by atoms with Gasteiger partial charge in [0.05, 0.1) is 0 Å². The predicted octanol–water partition coefficient (Wildman–Crippen LogP) is 2.52. The van der Waals surface area contributed by atoms with E-state index in [9.17, 15) is 0 Å². The number of hydrogen-bond acceptors (Lipinski definition) is 2. The molecule has 0 aliphatic heterocycles. The molecular formula is C9H21NS. The van der Waals surface area contributed by atoms with Gasteiger partial charge in [-0.15, -0.1) is 0 Å². The fraction of sp³-hybridized carbons (Fsp3) is 1.00. The van der Waals surface area contributed by atoms with Crippen molar-refractivity contribution in [3.8, 4) is 0 Å². The van der Waals surface area contributed by atoms with Crippen LogP contribution < -0.4 is 5.32 Å². The minimum atomic E-state index is 1.17. The van der Waals surface area contributed by atoms with Gasteiger partial charge in [-0.2, -0.15) is 11.8 Å². The van der Waals surface area contributed by atoms with Crippen LogP contribution in [0, 0.1) is 0 Å². The second-order valence-corrected chi connectivity index (χ2v) is 3.94. The van der Waals surface area contributed by atoms with Crippen LogP contribution in [0.5, 0.6) is 0 Å². The van der Waals surface area contributed by atoms with E-state index in [-0.39, 0.29) is 0 Å². The third-order valence-electron chi connectivity index (χ3n) is 1.49. The average Bonchev–Trinajstić information content (AvgIpc) is 2.03. The molecule has 1 N–H and O–H groups in total. The molecule has 0 atom stereocenters. The van der Waals surface area contributed by atoms with Crippen LogP contribution in [0.15, 0.2) is 0 Å². The van der Waals surface area contributed by atoms with Crippen LogP contribution in [-0.2, 0) is 0 Å². The van der Waals surface area contributed by atoms with Gasteiger partial charge in [0.15, 0.2) is 0 Å². The highest BCUT2D eigenvalue weighted by Gasteiger charge is 1.87. The third-order valence-corrected chi connectivity index (χ3v) is 2.56. The van der Waals surface area contributed by atoms with Gasteiger partial charge in [-0.1, -0.05) is 20.3 Å². The molecule has 0 saturated heterocycles. The van der Waals surface area contributed by atoms with Gasteiger partial charge >= 0.3 is 0 Å². The summed E-state index contributed by atoms with van der Waals surface area (Å²) < 4.78 is 0. The molecule has 2 heteroatoms. The Morgan fingerprint density at radius 3 is 2.45 bits per heavy atom. The lowest BCUT2D eigenvalue weighted by Gasteiger charge is -2.01. The molecule has 0 amide bonds. The summed E-state index contributed by atoms with van der Waals surface area (Å²) >= 11 is 2.07. The number of nitrogens with one attached hydrogen (secondary N) is 1. The third kappa shape index (κ3) is 10.3. The SMILES string of the molecule is CCCCSCCNCCC. The van der Waals surface area contributed by atoms with Crippen molar-refractivity contribution in [1.29, 1.82) is 0 Å². The van der Waals surface area contributed by atoms with Crippen molar-refractivity contribution in [2.45, 2.75) is 33.1 Å². The quantitative estimate of drug-likeness (QED) is 0.569. The van der Waals surface area contributed by atoms with Crippen LogP contribution >= 0.6 is 11.8 Å². The van der Waals surface area contributed by atoms with E-state index in [4.69, 9.17) is 0 Å². The molecule has 0 heterocycles. The lowest BCUT2D eigenvalue weighted by atomic mass is 10.4. The van der Waals surface area contributed by atoms with Crippen LogP contribution in [0.25, 0.3) is 0 Å². The molecule has 0 aliphatic rings. The molecule has 0 aromatic heterocycles. The molecule has 68 valence electrons. The molecule has 0 radical (unpaired) electrons. The first-order valence-electron chi connectivity index (χ1n) is 4.70. The summed E-state index contributed by atoms with van der Waals surface area (Å²) in [5.41, 5.74) is 0. The summed E-state index contributed by atoms with van der Waals surface area (Å²) in [7, 11) is 0. The molecule has 0 saturated carbocycles. The Hall–Kier alpha value is 0.310. The van der Waals surface area contributed by atoms with Crippen LogP contribution in [0.3, 0.4) is 0 Å². The van der Waals surface area contributed by atoms with Gasteiger partial charge in [0.25, 0.3) is 0 Å². The van der Waals surface area contributed by atoms with Gasteiger partial charge in [0.1, 0.15) is 0 Å². The minimum absolute atomic E-state index is 1.17. The van der Waals surface area contributed by atoms with Crippen LogP contribution in [0.2, 0.25) is 0 Å². The molecular weight excluding hydrogens is 154 g/mol. The van der Waals surface area contributed by atoms with Crippen LogP contribution in [-0.4, -0.2) is 24.6 Å². The normalized spacial score (nSPS) is 10.4. The highest BCUT2D eigenvalue weighted by Crippen LogP contribution is 2.02. The number of unbranched alkanes of at least 4 members (excludes halogenated alkanes) is 1. The highest BCUT2D eigenvalue weighted by molar-refractivity contribution is 7.99. The number of hydrogen-bond donors (Lipinski definition) is 1. The van der Waals surface area contributed by atoms with E-state index in [2.05, 4.69) is 30.9 Å². The second kappa shape index (κ2) is 10.3. The summed E-state index contributed by atoms with van der Waals surface area (Å²) in [6.07, 6.45) is 3.95. The van der Waals surface area contributed by atoms with Gasteiger partial charge in [-0.3, -0.25) is 0 Å². The smallest absolute Gasteiger partial charge is 0.00581 e. The molecule has 0 rings (SSSR count). The maximum Gasteiger partial charge on any atom is 0.00581 e. The molecule has 1 nitrogen and oxygen atoms in total. The minimum Gasteiger partial charge on any atom is -0.316 e. The molecule has 0 spiro atoms. The maximum atomic E-state index is 3.39. The molecule has 11 heavy (non-hydrogen) atoms. The fourth-order valence-electron chi connectivity index (χ4n) is 0.795. The van der Waals surface area contributed by atoms with Crippen LogP contribution in [0.1, 0.15) is 33.1 Å². The standard InChI is InChI=1S/C9H21NS/c1-3-5-8-11-9-7-10-6-4-2/h10H,3-9H2,1-2H3. The van der Waals surface area contributed by atoms with E-state index in [0.29, 0.717) is 0 Å². The Morgan fingerprint density at radius 1 is 1.00 bits per heavy atom. The topological polar surface area (TPSA) is 12.0 Å². The van der Waals surface area contributed by atoms with Crippen molar-refractivity contribution >= 4 is 11.8 Å². The van der Waals surface area contributed by atoms with Crippen molar-refractivity contribution in [2.24, 2.45) is 0 Å². The van der Waals surface area contributed by atoms with Gasteiger partial charge in [-0.25, -0.2) is 0 Å². The van der Waals surface area contributed by atoms with E-state index in [1.807, 2.05) is 0 Å². The molecule has 0 unspecified atom stereocenters. The largest absolute Gasteiger partial charge is 0.316 e. The molecule has 0 bridgehead atoms. The van der Waals surface area contributed by atoms with E-state index in [1.54, 1.807) is 0 Å². The Balaban J connectivity index is 2.69. The van der Waals surface area contributed by atoms with Crippen molar-refractivity contribution in [1.82, 2.24) is 5.32 Å². The fourth-order valence-corrected chi connectivity index (χ4v) is 1.78. The van der Waals surface area contributed by atoms with Crippen LogP contribution in [0.4, 0.5) is 0 Å².